The van der Waals surface area contributed by atoms with Crippen molar-refractivity contribution in [3.63, 3.8) is 0 Å². The molecule has 1 spiro atoms. The highest BCUT2D eigenvalue weighted by Crippen LogP contribution is 2.66. The first-order valence-corrected chi connectivity index (χ1v) is 14.7. The van der Waals surface area contributed by atoms with Crippen LogP contribution in [-0.4, -0.2) is 56.4 Å². The Bertz CT molecular complexity index is 1410. The average molecular weight is 576 g/mol. The third-order valence-corrected chi connectivity index (χ3v) is 10.6. The third kappa shape index (κ3) is 4.68. The van der Waals surface area contributed by atoms with Crippen molar-refractivity contribution >= 4 is 52.5 Å². The van der Waals surface area contributed by atoms with Gasteiger partial charge in [0.25, 0.3) is 0 Å². The van der Waals surface area contributed by atoms with Crippen LogP contribution in [0.25, 0.3) is 0 Å². The summed E-state index contributed by atoms with van der Waals surface area (Å²) in [6, 6.07) is 24.2. The zero-order valence-corrected chi connectivity index (χ0v) is 23.3. The Morgan fingerprint density at radius 3 is 2.25 bits per heavy atom. The minimum absolute atomic E-state index is 0.0626. The number of nitrogens with one attached hydrogen (secondary N) is 2. The van der Waals surface area contributed by atoms with Gasteiger partial charge in [0, 0.05) is 21.6 Å². The van der Waals surface area contributed by atoms with Gasteiger partial charge in [-0.15, -0.1) is 11.8 Å². The quantitative estimate of drug-likeness (QED) is 0.364. The summed E-state index contributed by atoms with van der Waals surface area (Å²) in [5, 5.41) is 17.0. The van der Waals surface area contributed by atoms with E-state index in [0.717, 1.165) is 12.0 Å². The molecule has 0 aromatic heterocycles. The van der Waals surface area contributed by atoms with Gasteiger partial charge in [0.05, 0.1) is 29.2 Å². The van der Waals surface area contributed by atoms with E-state index < -0.39 is 28.7 Å². The first kappa shape index (κ1) is 26.9. The van der Waals surface area contributed by atoms with Crippen LogP contribution in [0.3, 0.4) is 0 Å². The Labute approximate surface area is 242 Å². The number of aliphatic hydroxyl groups excluding tert-OH is 1. The number of para-hydroxylation sites is 1. The van der Waals surface area contributed by atoms with Gasteiger partial charge in [-0.2, -0.15) is 0 Å². The summed E-state index contributed by atoms with van der Waals surface area (Å²) in [6.07, 6.45) is 1.78. The molecule has 6 rings (SSSR count). The number of aliphatic hydroxyl groups is 1. The number of hydrogen-bond acceptors (Lipinski definition) is 5. The molecular weight excluding hydrogens is 546 g/mol. The Kier molecular flexibility index (Phi) is 7.33. The van der Waals surface area contributed by atoms with E-state index >= 15 is 0 Å². The molecule has 6 atom stereocenters. The smallest absolute Gasteiger partial charge is 0.248 e. The molecule has 0 radical (unpaired) electrons. The maximum absolute atomic E-state index is 14.4. The van der Waals surface area contributed by atoms with Crippen molar-refractivity contribution in [1.29, 1.82) is 0 Å². The molecule has 206 valence electrons. The lowest BCUT2D eigenvalue weighted by molar-refractivity contribution is -0.141. The van der Waals surface area contributed by atoms with Crippen molar-refractivity contribution in [3.05, 3.63) is 95.5 Å². The van der Waals surface area contributed by atoms with Gasteiger partial charge in [0.15, 0.2) is 0 Å². The number of carbonyl (C=O) groups excluding carboxylic acids is 3. The largest absolute Gasteiger partial charge is 0.394 e. The highest BCUT2D eigenvalue weighted by atomic mass is 35.5. The van der Waals surface area contributed by atoms with E-state index in [-0.39, 0.29) is 29.6 Å². The van der Waals surface area contributed by atoms with E-state index in [4.69, 9.17) is 11.6 Å². The van der Waals surface area contributed by atoms with Gasteiger partial charge in [-0.25, -0.2) is 0 Å². The topological polar surface area (TPSA) is 98.7 Å². The zero-order valence-electron chi connectivity index (χ0n) is 21.7. The molecule has 3 saturated heterocycles. The van der Waals surface area contributed by atoms with Gasteiger partial charge in [0.1, 0.15) is 6.04 Å². The fourth-order valence-corrected chi connectivity index (χ4v) is 9.04. The first-order chi connectivity index (χ1) is 19.4. The Morgan fingerprint density at radius 1 is 0.950 bits per heavy atom. The van der Waals surface area contributed by atoms with E-state index in [1.165, 1.54) is 0 Å². The van der Waals surface area contributed by atoms with Crippen LogP contribution >= 0.6 is 23.4 Å². The summed E-state index contributed by atoms with van der Waals surface area (Å²) < 4.78 is -0.763. The molecule has 2 bridgehead atoms. The molecule has 3 aromatic rings. The van der Waals surface area contributed by atoms with Crippen LogP contribution in [0.5, 0.6) is 0 Å². The third-order valence-electron chi connectivity index (χ3n) is 8.36. The maximum Gasteiger partial charge on any atom is 0.248 e. The number of carbonyl (C=O) groups is 3. The zero-order chi connectivity index (χ0) is 27.9. The number of amides is 3. The summed E-state index contributed by atoms with van der Waals surface area (Å²) in [7, 11) is 0. The molecule has 3 N–H and O–H groups in total. The average Bonchev–Trinajstić information content (AvgIpc) is 3.61. The van der Waals surface area contributed by atoms with Crippen LogP contribution in [0, 0.1) is 11.8 Å². The predicted molar refractivity (Wildman–Crippen MR) is 157 cm³/mol. The molecule has 3 aromatic carbocycles. The van der Waals surface area contributed by atoms with Crippen LogP contribution in [0.2, 0.25) is 5.02 Å². The Balaban J connectivity index is 1.36. The Hall–Kier alpha value is -3.33. The van der Waals surface area contributed by atoms with Crippen LogP contribution < -0.4 is 10.6 Å². The van der Waals surface area contributed by atoms with Crippen molar-refractivity contribution in [2.75, 3.05) is 17.2 Å². The standard InChI is InChI=1S/C31H30ClN3O4S/c32-20-11-13-22(14-12-20)34-29(38)27-31-16-15-24(40-31)25(28(37)33-21-9-5-2-6-10-21)26(31)30(39)35(27)23(18-36)17-19-7-3-1-4-8-19/h1-14,23-27,36H,15-18H2,(H,33,37)(H,34,38)/t23-,24+,25-,26+,27?,31?/m1/s1. The minimum Gasteiger partial charge on any atom is -0.394 e. The van der Waals surface area contributed by atoms with Gasteiger partial charge in [0.2, 0.25) is 17.7 Å². The van der Waals surface area contributed by atoms with Crippen molar-refractivity contribution in [2.45, 2.75) is 41.3 Å². The van der Waals surface area contributed by atoms with Gasteiger partial charge in [-0.1, -0.05) is 60.1 Å². The number of fused-ring (bicyclic) bond motifs is 1. The van der Waals surface area contributed by atoms with Crippen LogP contribution in [0.15, 0.2) is 84.9 Å². The fourth-order valence-electron chi connectivity index (χ4n) is 6.71. The van der Waals surface area contributed by atoms with E-state index in [2.05, 4.69) is 10.6 Å². The highest BCUT2D eigenvalue weighted by Gasteiger charge is 2.74. The number of benzene rings is 3. The number of likely N-dealkylation sites (tertiary alicyclic amines) is 1. The van der Waals surface area contributed by atoms with Gasteiger partial charge in [-0.05, 0) is 61.2 Å². The molecule has 7 nitrogen and oxygen atoms in total. The SMILES string of the molecule is O=C(Nc1ccc(Cl)cc1)C1N([C@@H](CO)Cc2ccccc2)C(=O)[C@@H]2[C@H](C(=O)Nc3ccccc3)[C@@H]3CCC12S3. The number of anilines is 2. The van der Waals surface area contributed by atoms with Gasteiger partial charge < -0.3 is 20.6 Å². The second-order valence-corrected chi connectivity index (χ2v) is 12.7. The van der Waals surface area contributed by atoms with E-state index in [9.17, 15) is 19.5 Å². The molecule has 3 heterocycles. The summed E-state index contributed by atoms with van der Waals surface area (Å²) in [6.45, 7) is -0.302. The molecule has 3 aliphatic rings. The maximum atomic E-state index is 14.4. The van der Waals surface area contributed by atoms with Crippen molar-refractivity contribution in [3.8, 4) is 0 Å². The molecule has 2 unspecified atom stereocenters. The summed E-state index contributed by atoms with van der Waals surface area (Å²) >= 11 is 7.65. The van der Waals surface area contributed by atoms with E-state index in [0.29, 0.717) is 29.2 Å². The van der Waals surface area contributed by atoms with Gasteiger partial charge >= 0.3 is 0 Å². The fraction of sp³-hybridized carbons (Fsp3) is 0.323. The number of thioether (sulfide) groups is 1. The molecule has 0 saturated carbocycles. The predicted octanol–water partition coefficient (Wildman–Crippen LogP) is 4.61. The van der Waals surface area contributed by atoms with E-state index in [1.54, 1.807) is 40.9 Å². The monoisotopic (exact) mass is 575 g/mol. The van der Waals surface area contributed by atoms with Crippen LogP contribution in [0.4, 0.5) is 11.4 Å². The number of halogens is 1. The van der Waals surface area contributed by atoms with Crippen molar-refractivity contribution in [2.24, 2.45) is 11.8 Å². The molecule has 3 amide bonds. The summed E-state index contributed by atoms with van der Waals surface area (Å²) in [5.74, 6) is -1.99. The second-order valence-electron chi connectivity index (χ2n) is 10.7. The van der Waals surface area contributed by atoms with Gasteiger partial charge in [-0.3, -0.25) is 14.4 Å². The first-order valence-electron chi connectivity index (χ1n) is 13.5. The number of rotatable bonds is 8. The molecular formula is C31H30ClN3O4S. The summed E-state index contributed by atoms with van der Waals surface area (Å²) in [4.78, 5) is 43.7. The second kappa shape index (κ2) is 10.9. The van der Waals surface area contributed by atoms with Crippen LogP contribution in [0.1, 0.15) is 18.4 Å². The lowest BCUT2D eigenvalue weighted by Crippen LogP contribution is -2.55. The normalized spacial score (nSPS) is 27.4. The van der Waals surface area contributed by atoms with Crippen LogP contribution in [-0.2, 0) is 20.8 Å². The number of hydrogen-bond donors (Lipinski definition) is 3. The lowest BCUT2D eigenvalue weighted by Gasteiger charge is -2.37. The Morgan fingerprint density at radius 2 is 1.57 bits per heavy atom. The molecule has 3 fully saturated rings. The molecule has 40 heavy (non-hydrogen) atoms. The van der Waals surface area contributed by atoms with E-state index in [1.807, 2.05) is 60.7 Å². The molecule has 3 aliphatic heterocycles. The highest BCUT2D eigenvalue weighted by molar-refractivity contribution is 8.02. The van der Waals surface area contributed by atoms with Crippen molar-refractivity contribution < 1.29 is 19.5 Å². The minimum atomic E-state index is -0.842. The number of nitrogens with zero attached hydrogens (tertiary/aromatic N) is 1. The molecule has 9 heteroatoms. The lowest BCUT2D eigenvalue weighted by atomic mass is 9.70. The van der Waals surface area contributed by atoms with Crippen molar-refractivity contribution in [1.82, 2.24) is 4.90 Å². The molecule has 0 aliphatic carbocycles. The summed E-state index contributed by atoms with van der Waals surface area (Å²) in [5.41, 5.74) is 2.20.